The van der Waals surface area contributed by atoms with Gasteiger partial charge in [0.15, 0.2) is 0 Å². The molecule has 1 heterocycles. The van der Waals surface area contributed by atoms with Crippen molar-refractivity contribution in [3.05, 3.63) is 210 Å². The van der Waals surface area contributed by atoms with Crippen molar-refractivity contribution in [2.75, 3.05) is 4.90 Å². The molecule has 0 amide bonds. The van der Waals surface area contributed by atoms with Gasteiger partial charge in [-0.05, 0) is 124 Å². The number of hydrogen-bond donors (Lipinski definition) is 0. The van der Waals surface area contributed by atoms with Gasteiger partial charge in [-0.2, -0.15) is 0 Å². The third kappa shape index (κ3) is 4.54. The molecule has 8 aromatic carbocycles. The summed E-state index contributed by atoms with van der Waals surface area (Å²) in [6, 6.07) is 70.8. The van der Waals surface area contributed by atoms with Crippen LogP contribution < -0.4 is 4.90 Å². The van der Waals surface area contributed by atoms with Crippen LogP contribution in [0.5, 0.6) is 0 Å². The molecule has 0 unspecified atom stereocenters. The van der Waals surface area contributed by atoms with Gasteiger partial charge in [-0.3, -0.25) is 0 Å². The summed E-state index contributed by atoms with van der Waals surface area (Å²) in [4.78, 5) is 2.49. The maximum atomic E-state index is 2.56. The molecular weight excluding hydrogens is 695 g/mol. The molecule has 0 aliphatic heterocycles. The Balaban J connectivity index is 1.01. The second kappa shape index (κ2) is 12.1. The van der Waals surface area contributed by atoms with Crippen LogP contribution in [0.15, 0.2) is 188 Å². The summed E-state index contributed by atoms with van der Waals surface area (Å²) < 4.78 is 2.65. The molecule has 2 spiro atoms. The van der Waals surface area contributed by atoms with Gasteiger partial charge in [-0.25, -0.2) is 0 Å². The zero-order valence-corrected chi connectivity index (χ0v) is 31.9. The molecular formula is C54H39NS. The Morgan fingerprint density at radius 3 is 1.46 bits per heavy atom. The fraction of sp³-hybridized carbons (Fsp3) is 0.111. The van der Waals surface area contributed by atoms with Crippen LogP contribution in [0.25, 0.3) is 53.6 Å². The molecule has 56 heavy (non-hydrogen) atoms. The second-order valence-electron chi connectivity index (χ2n) is 16.1. The average molecular weight is 734 g/mol. The van der Waals surface area contributed by atoms with Gasteiger partial charge in [-0.15, -0.1) is 11.3 Å². The van der Waals surface area contributed by atoms with Crippen molar-refractivity contribution in [2.45, 2.75) is 36.5 Å². The molecule has 0 radical (unpaired) electrons. The van der Waals surface area contributed by atoms with E-state index >= 15 is 0 Å². The lowest BCUT2D eigenvalue weighted by molar-refractivity contribution is 0.265. The summed E-state index contributed by atoms with van der Waals surface area (Å²) in [5.74, 6) is 0. The Bertz CT molecular complexity index is 2930. The molecule has 1 fully saturated rings. The van der Waals surface area contributed by atoms with E-state index in [9.17, 15) is 0 Å². The fourth-order valence-electron chi connectivity index (χ4n) is 10.9. The lowest BCUT2D eigenvalue weighted by Gasteiger charge is -2.45. The minimum absolute atomic E-state index is 0.0437. The number of rotatable bonds is 4. The van der Waals surface area contributed by atoms with Gasteiger partial charge in [-0.1, -0.05) is 146 Å². The Kier molecular flexibility index (Phi) is 6.95. The standard InChI is InChI=1S/C54H39NS/c1-2-12-36(13-3-1)37-22-24-38(25-23-37)55(40-27-29-46-45-17-7-11-21-51(45)56-52(46)35-40)39-26-28-44-43-16-6-10-20-49(43)54(50(44)34-39)32-30-53(31-33-54)47-18-8-4-14-41(47)42-15-5-9-19-48(42)53/h1-29,34-35H,30-33H2. The van der Waals surface area contributed by atoms with Crippen molar-refractivity contribution in [3.63, 3.8) is 0 Å². The Labute approximate surface area is 332 Å². The fourth-order valence-corrected chi connectivity index (χ4v) is 12.1. The topological polar surface area (TPSA) is 3.24 Å². The molecule has 3 aliphatic carbocycles. The van der Waals surface area contributed by atoms with Gasteiger partial charge in [0.1, 0.15) is 0 Å². The van der Waals surface area contributed by atoms with Gasteiger partial charge >= 0.3 is 0 Å². The molecule has 0 bridgehead atoms. The first-order valence-electron chi connectivity index (χ1n) is 20.0. The highest BCUT2D eigenvalue weighted by molar-refractivity contribution is 7.25. The number of benzene rings is 8. The van der Waals surface area contributed by atoms with E-state index in [1.165, 1.54) is 87.2 Å². The molecule has 3 aliphatic rings. The van der Waals surface area contributed by atoms with Crippen LogP contribution in [-0.2, 0) is 10.8 Å². The highest BCUT2D eigenvalue weighted by atomic mass is 32.1. The maximum absolute atomic E-state index is 2.56. The summed E-state index contributed by atoms with van der Waals surface area (Å²) >= 11 is 1.89. The molecule has 0 N–H and O–H groups in total. The van der Waals surface area contributed by atoms with E-state index in [-0.39, 0.29) is 10.8 Å². The van der Waals surface area contributed by atoms with Crippen LogP contribution >= 0.6 is 11.3 Å². The first-order chi connectivity index (χ1) is 27.7. The van der Waals surface area contributed by atoms with Crippen LogP contribution in [0.1, 0.15) is 47.9 Å². The van der Waals surface area contributed by atoms with Crippen LogP contribution in [0.3, 0.4) is 0 Å². The maximum Gasteiger partial charge on any atom is 0.0476 e. The first-order valence-corrected chi connectivity index (χ1v) is 20.8. The van der Waals surface area contributed by atoms with Gasteiger partial charge in [0, 0.05) is 48.1 Å². The normalized spacial score (nSPS) is 15.5. The molecule has 2 heteroatoms. The van der Waals surface area contributed by atoms with Crippen molar-refractivity contribution < 1.29 is 0 Å². The van der Waals surface area contributed by atoms with Crippen LogP contribution in [-0.4, -0.2) is 0 Å². The van der Waals surface area contributed by atoms with E-state index in [0.29, 0.717) is 0 Å². The number of anilines is 3. The predicted octanol–water partition coefficient (Wildman–Crippen LogP) is 15.0. The Morgan fingerprint density at radius 1 is 0.339 bits per heavy atom. The predicted molar refractivity (Wildman–Crippen MR) is 237 cm³/mol. The SMILES string of the molecule is c1ccc(-c2ccc(N(c3ccc4c(c3)C3(CCC5(CC3)c3ccccc3-c3ccccc35)c3ccccc3-4)c3ccc4c(c3)sc3ccccc34)cc2)cc1. The van der Waals surface area contributed by atoms with Gasteiger partial charge in [0.05, 0.1) is 0 Å². The summed E-state index contributed by atoms with van der Waals surface area (Å²) in [5, 5.41) is 2.65. The Hall–Kier alpha value is -6.22. The molecule has 1 aromatic heterocycles. The number of hydrogen-bond acceptors (Lipinski definition) is 2. The monoisotopic (exact) mass is 733 g/mol. The molecule has 9 aromatic rings. The summed E-state index contributed by atoms with van der Waals surface area (Å²) in [5.41, 5.74) is 17.7. The van der Waals surface area contributed by atoms with E-state index < -0.39 is 0 Å². The third-order valence-electron chi connectivity index (χ3n) is 13.5. The van der Waals surface area contributed by atoms with E-state index in [4.69, 9.17) is 0 Å². The number of nitrogens with zero attached hydrogens (tertiary/aromatic N) is 1. The minimum Gasteiger partial charge on any atom is -0.310 e. The zero-order valence-electron chi connectivity index (χ0n) is 31.1. The van der Waals surface area contributed by atoms with Crippen LogP contribution in [0.4, 0.5) is 17.1 Å². The average Bonchev–Trinajstić information content (AvgIpc) is 3.87. The van der Waals surface area contributed by atoms with E-state index in [2.05, 4.69) is 193 Å². The van der Waals surface area contributed by atoms with Crippen molar-refractivity contribution in [1.82, 2.24) is 0 Å². The van der Waals surface area contributed by atoms with E-state index in [1.807, 2.05) is 11.3 Å². The van der Waals surface area contributed by atoms with Crippen molar-refractivity contribution in [1.29, 1.82) is 0 Å². The highest BCUT2D eigenvalue weighted by Gasteiger charge is 2.53. The lowest BCUT2D eigenvalue weighted by atomic mass is 9.57. The van der Waals surface area contributed by atoms with Crippen molar-refractivity contribution in [3.8, 4) is 33.4 Å². The third-order valence-corrected chi connectivity index (χ3v) is 14.6. The van der Waals surface area contributed by atoms with Gasteiger partial charge in [0.2, 0.25) is 0 Å². The van der Waals surface area contributed by atoms with Crippen molar-refractivity contribution in [2.24, 2.45) is 0 Å². The summed E-state index contributed by atoms with van der Waals surface area (Å²) in [6.45, 7) is 0. The Morgan fingerprint density at radius 2 is 0.804 bits per heavy atom. The minimum atomic E-state index is -0.0437. The molecule has 266 valence electrons. The van der Waals surface area contributed by atoms with Crippen LogP contribution in [0, 0.1) is 0 Å². The highest BCUT2D eigenvalue weighted by Crippen LogP contribution is 2.64. The molecule has 12 rings (SSSR count). The van der Waals surface area contributed by atoms with E-state index in [0.717, 1.165) is 31.4 Å². The first kappa shape index (κ1) is 32.1. The van der Waals surface area contributed by atoms with Gasteiger partial charge in [0.25, 0.3) is 0 Å². The van der Waals surface area contributed by atoms with E-state index in [1.54, 1.807) is 0 Å². The molecule has 1 nitrogen and oxygen atoms in total. The summed E-state index contributed by atoms with van der Waals surface area (Å²) in [6.07, 6.45) is 4.49. The quantitative estimate of drug-likeness (QED) is 0.174. The largest absolute Gasteiger partial charge is 0.310 e. The van der Waals surface area contributed by atoms with Crippen molar-refractivity contribution >= 4 is 48.6 Å². The smallest absolute Gasteiger partial charge is 0.0476 e. The molecule has 0 saturated heterocycles. The lowest BCUT2D eigenvalue weighted by Crippen LogP contribution is -2.39. The number of thiophene rings is 1. The molecule has 1 saturated carbocycles. The van der Waals surface area contributed by atoms with Gasteiger partial charge < -0.3 is 4.90 Å². The second-order valence-corrected chi connectivity index (χ2v) is 17.1. The summed E-state index contributed by atoms with van der Waals surface area (Å²) in [7, 11) is 0. The van der Waals surface area contributed by atoms with Crippen LogP contribution in [0.2, 0.25) is 0 Å². The number of fused-ring (bicyclic) bond motifs is 13. The molecule has 0 atom stereocenters. The zero-order chi connectivity index (χ0) is 36.8.